The lowest BCUT2D eigenvalue weighted by Gasteiger charge is -2.37. The Morgan fingerprint density at radius 1 is 1.26 bits per heavy atom. The molecular formula is C23H29N5O3. The van der Waals surface area contributed by atoms with Gasteiger partial charge < -0.3 is 25.0 Å². The smallest absolute Gasteiger partial charge is 0.319 e. The van der Waals surface area contributed by atoms with Crippen LogP contribution in [0.3, 0.4) is 0 Å². The van der Waals surface area contributed by atoms with E-state index in [2.05, 4.69) is 22.5 Å². The molecule has 8 heteroatoms. The van der Waals surface area contributed by atoms with E-state index in [1.165, 1.54) is 0 Å². The number of fused-ring (bicyclic) bond motifs is 4. The number of benzene rings is 1. The molecule has 3 aliphatic heterocycles. The number of anilines is 2. The number of hydrogen-bond donors (Lipinski definition) is 2. The molecule has 3 aliphatic rings. The normalized spacial score (nSPS) is 24.6. The lowest BCUT2D eigenvalue weighted by Crippen LogP contribution is -2.45. The third-order valence-corrected chi connectivity index (χ3v) is 6.25. The standard InChI is InChI=1S/C23H29N5O3/c1-3-24-23(29)26-17-7-5-4-6-16(17)21-25-18-12-15-8-9-19(31-15)20(18)22(27-21)28-10-11-30-13-14(28)2/h4-7,14-15,19H,3,8-13H2,1-2H3,(H2,24,26,29)/t14-,15+,19-/m0/s1. The third-order valence-electron chi connectivity index (χ3n) is 6.25. The zero-order chi connectivity index (χ0) is 21.4. The lowest BCUT2D eigenvalue weighted by atomic mass is 10.0. The highest BCUT2D eigenvalue weighted by Crippen LogP contribution is 2.45. The maximum atomic E-state index is 12.2. The fraction of sp³-hybridized carbons (Fsp3) is 0.522. The second-order valence-corrected chi connectivity index (χ2v) is 8.41. The number of nitrogens with zero attached hydrogens (tertiary/aromatic N) is 3. The van der Waals surface area contributed by atoms with Gasteiger partial charge >= 0.3 is 6.03 Å². The quantitative estimate of drug-likeness (QED) is 0.785. The zero-order valence-electron chi connectivity index (χ0n) is 18.1. The first-order chi connectivity index (χ1) is 15.1. The maximum absolute atomic E-state index is 12.2. The molecule has 1 aromatic carbocycles. The molecule has 0 unspecified atom stereocenters. The van der Waals surface area contributed by atoms with Gasteiger partial charge in [0.1, 0.15) is 5.82 Å². The Morgan fingerprint density at radius 2 is 2.13 bits per heavy atom. The highest BCUT2D eigenvalue weighted by molar-refractivity contribution is 5.93. The fourth-order valence-electron chi connectivity index (χ4n) is 4.77. The topological polar surface area (TPSA) is 88.6 Å². The van der Waals surface area contributed by atoms with E-state index < -0.39 is 0 Å². The van der Waals surface area contributed by atoms with Crippen LogP contribution in [0.25, 0.3) is 11.4 Å². The summed E-state index contributed by atoms with van der Waals surface area (Å²) < 4.78 is 11.9. The highest BCUT2D eigenvalue weighted by Gasteiger charge is 2.39. The van der Waals surface area contributed by atoms with Crippen LogP contribution < -0.4 is 15.5 Å². The van der Waals surface area contributed by atoms with E-state index in [4.69, 9.17) is 19.4 Å². The van der Waals surface area contributed by atoms with E-state index in [1.807, 2.05) is 31.2 Å². The van der Waals surface area contributed by atoms with Gasteiger partial charge in [-0.2, -0.15) is 0 Å². The van der Waals surface area contributed by atoms with Gasteiger partial charge in [0.2, 0.25) is 0 Å². The Balaban J connectivity index is 1.61. The number of urea groups is 1. The number of nitrogens with one attached hydrogen (secondary N) is 2. The summed E-state index contributed by atoms with van der Waals surface area (Å²) in [6.07, 6.45) is 3.18. The first kappa shape index (κ1) is 20.2. The van der Waals surface area contributed by atoms with E-state index in [0.29, 0.717) is 31.3 Å². The van der Waals surface area contributed by atoms with Crippen molar-refractivity contribution >= 4 is 17.5 Å². The zero-order valence-corrected chi connectivity index (χ0v) is 18.1. The number of carbonyl (C=O) groups excluding carboxylic acids is 1. The molecule has 164 valence electrons. The first-order valence-electron chi connectivity index (χ1n) is 11.2. The molecule has 2 saturated heterocycles. The summed E-state index contributed by atoms with van der Waals surface area (Å²) in [5, 5.41) is 5.72. The minimum Gasteiger partial charge on any atom is -0.377 e. The van der Waals surface area contributed by atoms with E-state index >= 15 is 0 Å². The minimum absolute atomic E-state index is 0.0662. The fourth-order valence-corrected chi connectivity index (χ4v) is 4.77. The molecule has 8 nitrogen and oxygen atoms in total. The molecule has 0 saturated carbocycles. The van der Waals surface area contributed by atoms with Crippen molar-refractivity contribution < 1.29 is 14.3 Å². The number of carbonyl (C=O) groups is 1. The SMILES string of the molecule is CCNC(=O)Nc1ccccc1-c1nc2c(c(N3CCOC[C@@H]3C)n1)[C@@H]1CC[C@H](C2)O1. The molecule has 0 spiro atoms. The Hall–Kier alpha value is -2.71. The molecule has 1 aromatic heterocycles. The molecule has 2 aromatic rings. The van der Waals surface area contributed by atoms with Crippen molar-refractivity contribution in [3.63, 3.8) is 0 Å². The predicted molar refractivity (Wildman–Crippen MR) is 118 cm³/mol. The minimum atomic E-state index is -0.235. The molecule has 2 fully saturated rings. The molecule has 5 rings (SSSR count). The number of aromatic nitrogens is 2. The second-order valence-electron chi connectivity index (χ2n) is 8.41. The lowest BCUT2D eigenvalue weighted by molar-refractivity contribution is 0.0306. The number of hydrogen-bond acceptors (Lipinski definition) is 6. The van der Waals surface area contributed by atoms with Gasteiger partial charge in [-0.15, -0.1) is 0 Å². The van der Waals surface area contributed by atoms with E-state index in [9.17, 15) is 4.79 Å². The van der Waals surface area contributed by atoms with E-state index in [0.717, 1.165) is 48.4 Å². The number of ether oxygens (including phenoxy) is 2. The van der Waals surface area contributed by atoms with Crippen LogP contribution in [0.2, 0.25) is 0 Å². The van der Waals surface area contributed by atoms with Crippen LogP contribution >= 0.6 is 0 Å². The summed E-state index contributed by atoms with van der Waals surface area (Å²) in [7, 11) is 0. The van der Waals surface area contributed by atoms with Crippen molar-refractivity contribution in [3.05, 3.63) is 35.5 Å². The van der Waals surface area contributed by atoms with Gasteiger partial charge in [-0.25, -0.2) is 14.8 Å². The van der Waals surface area contributed by atoms with Crippen LogP contribution in [-0.2, 0) is 15.9 Å². The Kier molecular flexibility index (Phi) is 5.50. The number of amides is 2. The summed E-state index contributed by atoms with van der Waals surface area (Å²) in [5.41, 5.74) is 3.73. The van der Waals surface area contributed by atoms with Crippen molar-refractivity contribution in [2.45, 2.75) is 51.4 Å². The largest absolute Gasteiger partial charge is 0.377 e. The van der Waals surface area contributed by atoms with Crippen molar-refractivity contribution in [1.82, 2.24) is 15.3 Å². The van der Waals surface area contributed by atoms with Gasteiger partial charge in [0.25, 0.3) is 0 Å². The molecule has 0 aliphatic carbocycles. The molecule has 4 heterocycles. The summed E-state index contributed by atoms with van der Waals surface area (Å²) in [6.45, 7) is 6.77. The van der Waals surface area contributed by atoms with Crippen LogP contribution in [0.4, 0.5) is 16.3 Å². The van der Waals surface area contributed by atoms with Crippen LogP contribution in [0.1, 0.15) is 44.1 Å². The molecule has 2 bridgehead atoms. The Bertz CT molecular complexity index is 982. The number of para-hydroxylation sites is 1. The van der Waals surface area contributed by atoms with Gasteiger partial charge in [0.15, 0.2) is 5.82 Å². The van der Waals surface area contributed by atoms with Crippen LogP contribution in [0.15, 0.2) is 24.3 Å². The van der Waals surface area contributed by atoms with Gasteiger partial charge in [-0.1, -0.05) is 12.1 Å². The highest BCUT2D eigenvalue weighted by atomic mass is 16.5. The molecule has 0 radical (unpaired) electrons. The molecule has 2 N–H and O–H groups in total. The van der Waals surface area contributed by atoms with Crippen molar-refractivity contribution in [1.29, 1.82) is 0 Å². The predicted octanol–water partition coefficient (Wildman–Crippen LogP) is 3.29. The van der Waals surface area contributed by atoms with Crippen LogP contribution in [0.5, 0.6) is 0 Å². The van der Waals surface area contributed by atoms with Crippen molar-refractivity contribution in [2.24, 2.45) is 0 Å². The molecule has 31 heavy (non-hydrogen) atoms. The Labute approximate surface area is 182 Å². The van der Waals surface area contributed by atoms with Crippen molar-refractivity contribution in [2.75, 3.05) is 36.5 Å². The summed E-state index contributed by atoms with van der Waals surface area (Å²) in [6, 6.07) is 7.69. The number of morpholine rings is 1. The van der Waals surface area contributed by atoms with E-state index in [1.54, 1.807) is 0 Å². The summed E-state index contributed by atoms with van der Waals surface area (Å²) in [5.74, 6) is 1.59. The maximum Gasteiger partial charge on any atom is 0.319 e. The van der Waals surface area contributed by atoms with Gasteiger partial charge in [-0.3, -0.25) is 0 Å². The summed E-state index contributed by atoms with van der Waals surface area (Å²) in [4.78, 5) is 24.6. The number of rotatable bonds is 4. The Morgan fingerprint density at radius 3 is 2.97 bits per heavy atom. The van der Waals surface area contributed by atoms with Crippen molar-refractivity contribution in [3.8, 4) is 11.4 Å². The van der Waals surface area contributed by atoms with Crippen LogP contribution in [0, 0.1) is 0 Å². The molecule has 2 amide bonds. The van der Waals surface area contributed by atoms with Crippen LogP contribution in [-0.4, -0.2) is 54.4 Å². The average Bonchev–Trinajstić information content (AvgIpc) is 3.15. The van der Waals surface area contributed by atoms with E-state index in [-0.39, 0.29) is 24.3 Å². The average molecular weight is 424 g/mol. The summed E-state index contributed by atoms with van der Waals surface area (Å²) >= 11 is 0. The molecular weight excluding hydrogens is 394 g/mol. The third kappa shape index (κ3) is 3.85. The van der Waals surface area contributed by atoms with Gasteiger partial charge in [0.05, 0.1) is 42.8 Å². The van der Waals surface area contributed by atoms with Gasteiger partial charge in [0, 0.05) is 30.6 Å². The van der Waals surface area contributed by atoms with Gasteiger partial charge in [-0.05, 0) is 38.8 Å². The second kappa shape index (κ2) is 8.43. The molecule has 3 atom stereocenters. The monoisotopic (exact) mass is 423 g/mol. The first-order valence-corrected chi connectivity index (χ1v) is 11.2.